The first-order valence-electron chi connectivity index (χ1n) is 7.24. The van der Waals surface area contributed by atoms with E-state index < -0.39 is 0 Å². The summed E-state index contributed by atoms with van der Waals surface area (Å²) in [5.74, 6) is 0.166. The molecule has 0 radical (unpaired) electrons. The second kappa shape index (κ2) is 5.63. The van der Waals surface area contributed by atoms with Crippen LogP contribution in [0.5, 0.6) is 0 Å². The van der Waals surface area contributed by atoms with Gasteiger partial charge >= 0.3 is 0 Å². The van der Waals surface area contributed by atoms with Crippen molar-refractivity contribution >= 4 is 16.7 Å². The molecule has 1 N–H and O–H groups in total. The van der Waals surface area contributed by atoms with Crippen LogP contribution in [0.25, 0.3) is 10.8 Å². The lowest BCUT2D eigenvalue weighted by Gasteiger charge is -2.25. The number of carbonyl (C=O) groups excluding carboxylic acids is 1. The van der Waals surface area contributed by atoms with E-state index in [9.17, 15) is 4.79 Å². The summed E-state index contributed by atoms with van der Waals surface area (Å²) in [4.78, 5) is 14.9. The van der Waals surface area contributed by atoms with Gasteiger partial charge < -0.3 is 10.2 Å². The number of benzene rings is 2. The summed E-state index contributed by atoms with van der Waals surface area (Å²) in [5, 5.41) is 5.37. The summed E-state index contributed by atoms with van der Waals surface area (Å²) in [7, 11) is 1.94. The molecule has 3 rings (SSSR count). The molecule has 1 aliphatic heterocycles. The topological polar surface area (TPSA) is 32.3 Å². The Hall–Kier alpha value is -1.87. The molecule has 1 amide bonds. The van der Waals surface area contributed by atoms with Gasteiger partial charge in [-0.05, 0) is 36.7 Å². The van der Waals surface area contributed by atoms with Gasteiger partial charge in [-0.1, -0.05) is 36.4 Å². The van der Waals surface area contributed by atoms with Gasteiger partial charge in [-0.25, -0.2) is 0 Å². The van der Waals surface area contributed by atoms with Crippen LogP contribution in [-0.4, -0.2) is 37.0 Å². The number of fused-ring (bicyclic) bond motifs is 1. The highest BCUT2D eigenvalue weighted by Crippen LogP contribution is 2.24. The van der Waals surface area contributed by atoms with Crippen LogP contribution < -0.4 is 5.32 Å². The number of hydrogen-bond acceptors (Lipinski definition) is 2. The smallest absolute Gasteiger partial charge is 0.254 e. The Kier molecular flexibility index (Phi) is 3.70. The first-order valence-corrected chi connectivity index (χ1v) is 7.24. The number of likely N-dealkylation sites (tertiary alicyclic amines) is 1. The van der Waals surface area contributed by atoms with Gasteiger partial charge in [0.2, 0.25) is 0 Å². The molecule has 2 aromatic carbocycles. The highest BCUT2D eigenvalue weighted by atomic mass is 16.2. The van der Waals surface area contributed by atoms with Crippen molar-refractivity contribution in [2.24, 2.45) is 0 Å². The molecular weight excluding hydrogens is 248 g/mol. The quantitative estimate of drug-likeness (QED) is 0.928. The fraction of sp³-hybridized carbons (Fsp3) is 0.353. The lowest BCUT2D eigenvalue weighted by atomic mass is 10.0. The van der Waals surface area contributed by atoms with E-state index in [-0.39, 0.29) is 5.91 Å². The van der Waals surface area contributed by atoms with Gasteiger partial charge in [-0.15, -0.1) is 0 Å². The molecule has 0 aromatic heterocycles. The maximum atomic E-state index is 12.8. The monoisotopic (exact) mass is 268 g/mol. The number of amides is 1. The van der Waals surface area contributed by atoms with E-state index in [4.69, 9.17) is 0 Å². The molecule has 1 heterocycles. The molecule has 2 aromatic rings. The maximum absolute atomic E-state index is 12.8. The van der Waals surface area contributed by atoms with Crippen molar-refractivity contribution in [3.63, 3.8) is 0 Å². The molecule has 1 aliphatic rings. The van der Waals surface area contributed by atoms with Crippen molar-refractivity contribution in [3.05, 3.63) is 48.0 Å². The standard InChI is InChI=1S/C17H20N2O/c1-18-12-14-8-5-11-19(14)17(20)16-10-4-7-13-6-2-3-9-15(13)16/h2-4,6-7,9-10,14,18H,5,8,11-12H2,1H3. The van der Waals surface area contributed by atoms with Crippen molar-refractivity contribution in [1.82, 2.24) is 10.2 Å². The lowest BCUT2D eigenvalue weighted by Crippen LogP contribution is -2.40. The highest BCUT2D eigenvalue weighted by Gasteiger charge is 2.29. The normalized spacial score (nSPS) is 18.6. The molecule has 104 valence electrons. The average Bonchev–Trinajstić information content (AvgIpc) is 2.94. The number of carbonyl (C=O) groups is 1. The van der Waals surface area contributed by atoms with Crippen LogP contribution in [0, 0.1) is 0 Å². The Morgan fingerprint density at radius 2 is 2.05 bits per heavy atom. The molecular formula is C17H20N2O. The molecule has 1 atom stereocenters. The second-order valence-electron chi connectivity index (χ2n) is 5.38. The molecule has 3 heteroatoms. The molecule has 0 bridgehead atoms. The fourth-order valence-corrected chi connectivity index (χ4v) is 3.12. The van der Waals surface area contributed by atoms with E-state index in [1.807, 2.05) is 42.3 Å². The number of likely N-dealkylation sites (N-methyl/N-ethyl adjacent to an activating group) is 1. The molecule has 0 saturated carbocycles. The van der Waals surface area contributed by atoms with E-state index in [2.05, 4.69) is 17.4 Å². The number of nitrogens with zero attached hydrogens (tertiary/aromatic N) is 1. The van der Waals surface area contributed by atoms with Crippen molar-refractivity contribution in [3.8, 4) is 0 Å². The Balaban J connectivity index is 1.96. The average molecular weight is 268 g/mol. The Labute approximate surface area is 119 Å². The summed E-state index contributed by atoms with van der Waals surface area (Å²) in [6.07, 6.45) is 2.19. The maximum Gasteiger partial charge on any atom is 0.254 e. The molecule has 3 nitrogen and oxygen atoms in total. The van der Waals surface area contributed by atoms with Gasteiger partial charge in [0.15, 0.2) is 0 Å². The van der Waals surface area contributed by atoms with Gasteiger partial charge in [0.1, 0.15) is 0 Å². The molecule has 1 saturated heterocycles. The fourth-order valence-electron chi connectivity index (χ4n) is 3.12. The molecule has 0 aliphatic carbocycles. The lowest BCUT2D eigenvalue weighted by molar-refractivity contribution is 0.0739. The minimum Gasteiger partial charge on any atom is -0.334 e. The molecule has 20 heavy (non-hydrogen) atoms. The van der Waals surface area contributed by atoms with E-state index in [0.29, 0.717) is 6.04 Å². The number of rotatable bonds is 3. The van der Waals surface area contributed by atoms with E-state index in [0.717, 1.165) is 42.3 Å². The Morgan fingerprint density at radius 1 is 1.25 bits per heavy atom. The Bertz CT molecular complexity index is 618. The minimum absolute atomic E-state index is 0.166. The van der Waals surface area contributed by atoms with E-state index >= 15 is 0 Å². The van der Waals surface area contributed by atoms with Gasteiger partial charge in [0.25, 0.3) is 5.91 Å². The summed E-state index contributed by atoms with van der Waals surface area (Å²) in [6, 6.07) is 14.4. The number of nitrogens with one attached hydrogen (secondary N) is 1. The molecule has 1 unspecified atom stereocenters. The minimum atomic E-state index is 0.166. The second-order valence-corrected chi connectivity index (χ2v) is 5.38. The van der Waals surface area contributed by atoms with Crippen LogP contribution >= 0.6 is 0 Å². The third kappa shape index (κ3) is 2.29. The van der Waals surface area contributed by atoms with E-state index in [1.54, 1.807) is 0 Å². The zero-order valence-electron chi connectivity index (χ0n) is 11.8. The van der Waals surface area contributed by atoms with Crippen LogP contribution in [-0.2, 0) is 0 Å². The summed E-state index contributed by atoms with van der Waals surface area (Å²) in [6.45, 7) is 1.74. The summed E-state index contributed by atoms with van der Waals surface area (Å²) >= 11 is 0. The van der Waals surface area contributed by atoms with Crippen molar-refractivity contribution < 1.29 is 4.79 Å². The summed E-state index contributed by atoms with van der Waals surface area (Å²) in [5.41, 5.74) is 0.825. The van der Waals surface area contributed by atoms with Crippen LogP contribution in [0.15, 0.2) is 42.5 Å². The van der Waals surface area contributed by atoms with Crippen LogP contribution in [0.2, 0.25) is 0 Å². The van der Waals surface area contributed by atoms with Gasteiger partial charge in [0.05, 0.1) is 0 Å². The predicted octanol–water partition coefficient (Wildman–Crippen LogP) is 2.66. The van der Waals surface area contributed by atoms with E-state index in [1.165, 1.54) is 0 Å². The van der Waals surface area contributed by atoms with Crippen LogP contribution in [0.4, 0.5) is 0 Å². The third-order valence-electron chi connectivity index (χ3n) is 4.10. The van der Waals surface area contributed by atoms with Crippen molar-refractivity contribution in [1.29, 1.82) is 0 Å². The summed E-state index contributed by atoms with van der Waals surface area (Å²) < 4.78 is 0. The van der Waals surface area contributed by atoms with Crippen molar-refractivity contribution in [2.45, 2.75) is 18.9 Å². The third-order valence-corrected chi connectivity index (χ3v) is 4.10. The highest BCUT2D eigenvalue weighted by molar-refractivity contribution is 6.07. The zero-order chi connectivity index (χ0) is 13.9. The largest absolute Gasteiger partial charge is 0.334 e. The van der Waals surface area contributed by atoms with Gasteiger partial charge in [0, 0.05) is 24.7 Å². The van der Waals surface area contributed by atoms with Crippen LogP contribution in [0.1, 0.15) is 23.2 Å². The van der Waals surface area contributed by atoms with Crippen molar-refractivity contribution in [2.75, 3.05) is 20.1 Å². The first-order chi connectivity index (χ1) is 9.81. The molecule has 0 spiro atoms. The van der Waals surface area contributed by atoms with Crippen LogP contribution in [0.3, 0.4) is 0 Å². The predicted molar refractivity (Wildman–Crippen MR) is 81.9 cm³/mol. The number of hydrogen-bond donors (Lipinski definition) is 1. The molecule has 1 fully saturated rings. The zero-order valence-corrected chi connectivity index (χ0v) is 11.8. The van der Waals surface area contributed by atoms with Gasteiger partial charge in [-0.3, -0.25) is 4.79 Å². The SMILES string of the molecule is CNCC1CCCN1C(=O)c1cccc2ccccc12. The Morgan fingerprint density at radius 3 is 2.90 bits per heavy atom. The van der Waals surface area contributed by atoms with Gasteiger partial charge in [-0.2, -0.15) is 0 Å². The first kappa shape index (κ1) is 13.1.